The van der Waals surface area contributed by atoms with E-state index in [0.717, 1.165) is 49.8 Å². The predicted molar refractivity (Wildman–Crippen MR) is 105 cm³/mol. The van der Waals surface area contributed by atoms with E-state index in [0.29, 0.717) is 19.6 Å². The molecule has 0 bridgehead atoms. The Bertz CT molecular complexity index is 637. The molecule has 1 aromatic rings. The van der Waals surface area contributed by atoms with E-state index >= 15 is 0 Å². The van der Waals surface area contributed by atoms with Crippen LogP contribution in [0.4, 0.5) is 0 Å². The van der Waals surface area contributed by atoms with Crippen molar-refractivity contribution in [1.82, 2.24) is 9.80 Å². The minimum atomic E-state index is 0. The minimum absolute atomic E-state index is 0. The van der Waals surface area contributed by atoms with Crippen molar-refractivity contribution in [1.29, 1.82) is 0 Å². The quantitative estimate of drug-likeness (QED) is 0.858. The van der Waals surface area contributed by atoms with E-state index in [1.807, 2.05) is 41.0 Å². The summed E-state index contributed by atoms with van der Waals surface area (Å²) in [5.41, 5.74) is 7.86. The molecule has 5 nitrogen and oxygen atoms in total. The van der Waals surface area contributed by atoms with Crippen LogP contribution < -0.4 is 5.73 Å². The number of rotatable bonds is 2. The number of hydrogen-bond acceptors (Lipinski definition) is 3. The lowest BCUT2D eigenvalue weighted by Crippen LogP contribution is -2.42. The fourth-order valence-corrected chi connectivity index (χ4v) is 4.01. The molecule has 1 aliphatic heterocycles. The van der Waals surface area contributed by atoms with Crippen molar-refractivity contribution >= 4 is 24.2 Å². The first-order valence-electron chi connectivity index (χ1n) is 9.45. The van der Waals surface area contributed by atoms with Crippen molar-refractivity contribution in [2.24, 2.45) is 11.7 Å². The fourth-order valence-electron chi connectivity index (χ4n) is 4.01. The first-order chi connectivity index (χ1) is 12.0. The second kappa shape index (κ2) is 9.38. The summed E-state index contributed by atoms with van der Waals surface area (Å²) in [4.78, 5) is 29.4. The lowest BCUT2D eigenvalue weighted by molar-refractivity contribution is -0.136. The highest BCUT2D eigenvalue weighted by Crippen LogP contribution is 2.25. The van der Waals surface area contributed by atoms with Gasteiger partial charge in [-0.3, -0.25) is 9.59 Å². The van der Waals surface area contributed by atoms with Crippen LogP contribution in [-0.2, 0) is 4.79 Å². The number of benzene rings is 1. The van der Waals surface area contributed by atoms with Gasteiger partial charge in [0.1, 0.15) is 0 Å². The van der Waals surface area contributed by atoms with Crippen molar-refractivity contribution < 1.29 is 9.59 Å². The normalized spacial score (nSPS) is 23.8. The van der Waals surface area contributed by atoms with Crippen LogP contribution in [0.15, 0.2) is 24.3 Å². The number of amides is 2. The Labute approximate surface area is 162 Å². The molecule has 1 saturated heterocycles. The van der Waals surface area contributed by atoms with Crippen LogP contribution in [0, 0.1) is 12.8 Å². The molecule has 2 atom stereocenters. The Morgan fingerprint density at radius 1 is 1.04 bits per heavy atom. The van der Waals surface area contributed by atoms with Crippen molar-refractivity contribution in [3.63, 3.8) is 0 Å². The van der Waals surface area contributed by atoms with Gasteiger partial charge in [0, 0.05) is 43.7 Å². The number of hydrogen-bond donors (Lipinski definition) is 1. The molecule has 3 rings (SSSR count). The van der Waals surface area contributed by atoms with E-state index in [-0.39, 0.29) is 36.2 Å². The molecule has 2 amide bonds. The molecule has 6 heteroatoms. The molecule has 0 radical (unpaired) electrons. The van der Waals surface area contributed by atoms with Gasteiger partial charge in [-0.05, 0) is 44.7 Å². The average Bonchev–Trinajstić information content (AvgIpc) is 2.86. The van der Waals surface area contributed by atoms with E-state index in [9.17, 15) is 9.59 Å². The summed E-state index contributed by atoms with van der Waals surface area (Å²) in [7, 11) is 0. The molecule has 0 spiro atoms. The van der Waals surface area contributed by atoms with Crippen molar-refractivity contribution in [3.8, 4) is 0 Å². The molecule has 144 valence electrons. The van der Waals surface area contributed by atoms with Gasteiger partial charge >= 0.3 is 0 Å². The van der Waals surface area contributed by atoms with Gasteiger partial charge in [-0.1, -0.05) is 24.1 Å². The molecule has 2 N–H and O–H groups in total. The van der Waals surface area contributed by atoms with Gasteiger partial charge in [0.2, 0.25) is 5.91 Å². The van der Waals surface area contributed by atoms with E-state index < -0.39 is 0 Å². The molecular formula is C20H30ClN3O2. The maximum atomic E-state index is 12.8. The summed E-state index contributed by atoms with van der Waals surface area (Å²) in [6, 6.07) is 7.87. The molecule has 1 aliphatic carbocycles. The van der Waals surface area contributed by atoms with E-state index in [4.69, 9.17) is 5.73 Å². The molecule has 1 saturated carbocycles. The third-order valence-corrected chi connectivity index (χ3v) is 5.42. The molecule has 2 unspecified atom stereocenters. The van der Waals surface area contributed by atoms with E-state index in [1.165, 1.54) is 0 Å². The molecule has 1 aromatic carbocycles. The lowest BCUT2D eigenvalue weighted by atomic mass is 9.85. The maximum Gasteiger partial charge on any atom is 0.253 e. The zero-order chi connectivity index (χ0) is 17.8. The third kappa shape index (κ3) is 4.98. The number of nitrogens with two attached hydrogens (primary N) is 1. The first-order valence-corrected chi connectivity index (χ1v) is 9.45. The summed E-state index contributed by atoms with van der Waals surface area (Å²) >= 11 is 0. The highest BCUT2D eigenvalue weighted by atomic mass is 35.5. The maximum absolute atomic E-state index is 12.8. The first kappa shape index (κ1) is 20.7. The second-order valence-electron chi connectivity index (χ2n) is 7.46. The van der Waals surface area contributed by atoms with Crippen LogP contribution in [-0.4, -0.2) is 53.8 Å². The van der Waals surface area contributed by atoms with Gasteiger partial charge in [-0.2, -0.15) is 0 Å². The van der Waals surface area contributed by atoms with Crippen LogP contribution >= 0.6 is 12.4 Å². The van der Waals surface area contributed by atoms with Crippen LogP contribution in [0.5, 0.6) is 0 Å². The summed E-state index contributed by atoms with van der Waals surface area (Å²) in [5, 5.41) is 0. The van der Waals surface area contributed by atoms with Crippen molar-refractivity contribution in [3.05, 3.63) is 35.4 Å². The van der Waals surface area contributed by atoms with Crippen molar-refractivity contribution in [2.75, 3.05) is 26.2 Å². The van der Waals surface area contributed by atoms with Gasteiger partial charge in [-0.15, -0.1) is 12.4 Å². The van der Waals surface area contributed by atoms with Crippen LogP contribution in [0.25, 0.3) is 0 Å². The molecule has 1 heterocycles. The number of aryl methyl sites for hydroxylation is 1. The zero-order valence-corrected chi connectivity index (χ0v) is 16.3. The SMILES string of the molecule is Cc1cccc(C(=O)N2CCCN(C(=O)C3CCCC(N)C3)CC2)c1.Cl. The monoisotopic (exact) mass is 379 g/mol. The molecular weight excluding hydrogens is 350 g/mol. The smallest absolute Gasteiger partial charge is 0.253 e. The Morgan fingerprint density at radius 2 is 1.77 bits per heavy atom. The van der Waals surface area contributed by atoms with Gasteiger partial charge in [0.15, 0.2) is 0 Å². The summed E-state index contributed by atoms with van der Waals surface area (Å²) in [6.07, 6.45) is 4.67. The van der Waals surface area contributed by atoms with Gasteiger partial charge < -0.3 is 15.5 Å². The topological polar surface area (TPSA) is 66.6 Å². The standard InChI is InChI=1S/C20H29N3O2.ClH/c1-15-5-2-6-16(13-15)19(24)22-9-4-10-23(12-11-22)20(25)17-7-3-8-18(21)14-17;/h2,5-6,13,17-18H,3-4,7-12,14,21H2,1H3;1H. The lowest BCUT2D eigenvalue weighted by Gasteiger charge is -2.30. The Morgan fingerprint density at radius 3 is 2.50 bits per heavy atom. The minimum Gasteiger partial charge on any atom is -0.341 e. The number of nitrogens with zero attached hydrogens (tertiary/aromatic N) is 2. The summed E-state index contributed by atoms with van der Waals surface area (Å²) in [6.45, 7) is 4.68. The molecule has 2 aliphatic rings. The summed E-state index contributed by atoms with van der Waals surface area (Å²) < 4.78 is 0. The Kier molecular flexibility index (Phi) is 7.47. The predicted octanol–water partition coefficient (Wildman–Crippen LogP) is 2.61. The Hall–Kier alpha value is -1.59. The van der Waals surface area contributed by atoms with Gasteiger partial charge in [-0.25, -0.2) is 0 Å². The molecule has 0 aromatic heterocycles. The second-order valence-corrected chi connectivity index (χ2v) is 7.46. The fraction of sp³-hybridized carbons (Fsp3) is 0.600. The highest BCUT2D eigenvalue weighted by molar-refractivity contribution is 5.94. The van der Waals surface area contributed by atoms with Crippen molar-refractivity contribution in [2.45, 2.75) is 45.1 Å². The molecule has 2 fully saturated rings. The van der Waals surface area contributed by atoms with Gasteiger partial charge in [0.25, 0.3) is 5.91 Å². The third-order valence-electron chi connectivity index (χ3n) is 5.42. The molecule has 26 heavy (non-hydrogen) atoms. The number of halogens is 1. The number of carbonyl (C=O) groups is 2. The summed E-state index contributed by atoms with van der Waals surface area (Å²) in [5.74, 6) is 0.375. The van der Waals surface area contributed by atoms with Crippen LogP contribution in [0.1, 0.15) is 48.0 Å². The van der Waals surface area contributed by atoms with E-state index in [1.54, 1.807) is 0 Å². The van der Waals surface area contributed by atoms with Gasteiger partial charge in [0.05, 0.1) is 0 Å². The largest absolute Gasteiger partial charge is 0.341 e. The van der Waals surface area contributed by atoms with Crippen LogP contribution in [0.2, 0.25) is 0 Å². The average molecular weight is 380 g/mol. The van der Waals surface area contributed by atoms with Crippen LogP contribution in [0.3, 0.4) is 0 Å². The van der Waals surface area contributed by atoms with E-state index in [2.05, 4.69) is 0 Å². The highest BCUT2D eigenvalue weighted by Gasteiger charge is 2.30. The Balaban J connectivity index is 0.00000243. The zero-order valence-electron chi connectivity index (χ0n) is 15.5. The number of carbonyl (C=O) groups excluding carboxylic acids is 2.